The molecule has 1 aromatic rings. The highest BCUT2D eigenvalue weighted by atomic mass is 19.1. The van der Waals surface area contributed by atoms with Gasteiger partial charge in [0.1, 0.15) is 17.7 Å². The minimum absolute atomic E-state index is 0.00786. The highest BCUT2D eigenvalue weighted by Gasteiger charge is 2.14. The van der Waals surface area contributed by atoms with E-state index in [2.05, 4.69) is 24.5 Å². The van der Waals surface area contributed by atoms with Crippen LogP contribution >= 0.6 is 0 Å². The molecule has 0 saturated carbocycles. The molecule has 106 valence electrons. The summed E-state index contributed by atoms with van der Waals surface area (Å²) in [6, 6.07) is 2.48. The summed E-state index contributed by atoms with van der Waals surface area (Å²) >= 11 is 0. The molecule has 1 rings (SSSR count). The highest BCUT2D eigenvalue weighted by Crippen LogP contribution is 2.16. The van der Waals surface area contributed by atoms with E-state index >= 15 is 0 Å². The fourth-order valence-corrected chi connectivity index (χ4v) is 1.54. The summed E-state index contributed by atoms with van der Waals surface area (Å²) in [6.45, 7) is 6.31. The van der Waals surface area contributed by atoms with Crippen molar-refractivity contribution in [1.82, 2.24) is 5.32 Å². The van der Waals surface area contributed by atoms with E-state index < -0.39 is 17.7 Å². The van der Waals surface area contributed by atoms with Crippen LogP contribution in [0.4, 0.5) is 14.5 Å². The molecule has 0 radical (unpaired) electrons. The van der Waals surface area contributed by atoms with Gasteiger partial charge in [0.05, 0.1) is 5.69 Å². The van der Waals surface area contributed by atoms with Crippen LogP contribution in [0.3, 0.4) is 0 Å². The number of amides is 1. The van der Waals surface area contributed by atoms with Gasteiger partial charge in [-0.15, -0.1) is 0 Å². The van der Waals surface area contributed by atoms with Gasteiger partial charge in [-0.05, 0) is 37.5 Å². The van der Waals surface area contributed by atoms with E-state index in [1.807, 2.05) is 0 Å². The average molecular weight is 270 g/mol. The summed E-state index contributed by atoms with van der Waals surface area (Å²) in [6.07, 6.45) is 0.882. The number of benzene rings is 1. The zero-order chi connectivity index (χ0) is 14.4. The molecule has 0 heterocycles. The number of hydrogen-bond donors (Lipinski definition) is 2. The van der Waals surface area contributed by atoms with Crippen LogP contribution in [0.2, 0.25) is 0 Å². The monoisotopic (exact) mass is 270 g/mol. The van der Waals surface area contributed by atoms with Crippen LogP contribution in [0.15, 0.2) is 18.2 Å². The lowest BCUT2D eigenvalue weighted by Crippen LogP contribution is -2.38. The first kappa shape index (κ1) is 15.4. The first-order valence-electron chi connectivity index (χ1n) is 6.39. The van der Waals surface area contributed by atoms with E-state index in [1.54, 1.807) is 6.92 Å². The largest absolute Gasteiger partial charge is 0.371 e. The molecule has 5 heteroatoms. The number of nitrogens with one attached hydrogen (secondary N) is 2. The van der Waals surface area contributed by atoms with Crippen LogP contribution in [0.5, 0.6) is 0 Å². The predicted octanol–water partition coefficient (Wildman–Crippen LogP) is 2.93. The lowest BCUT2D eigenvalue weighted by molar-refractivity contribution is -0.121. The fraction of sp³-hybridized carbons (Fsp3) is 0.500. The summed E-state index contributed by atoms with van der Waals surface area (Å²) in [5.74, 6) is -0.854. The van der Waals surface area contributed by atoms with Crippen LogP contribution in [0.25, 0.3) is 0 Å². The summed E-state index contributed by atoms with van der Waals surface area (Å²) in [5, 5.41) is 5.41. The number of carbonyl (C=O) groups is 1. The zero-order valence-electron chi connectivity index (χ0n) is 11.5. The van der Waals surface area contributed by atoms with Crippen molar-refractivity contribution in [2.45, 2.75) is 33.2 Å². The molecule has 0 saturated heterocycles. The Bertz CT molecular complexity index is 435. The Labute approximate surface area is 112 Å². The molecule has 0 aliphatic rings. The van der Waals surface area contributed by atoms with Crippen molar-refractivity contribution in [1.29, 1.82) is 0 Å². The Morgan fingerprint density at radius 2 is 1.95 bits per heavy atom. The van der Waals surface area contributed by atoms with Gasteiger partial charge in [0.15, 0.2) is 0 Å². The molecule has 0 aromatic heterocycles. The van der Waals surface area contributed by atoms with Crippen LogP contribution in [-0.4, -0.2) is 18.5 Å². The van der Waals surface area contributed by atoms with Crippen molar-refractivity contribution >= 4 is 11.6 Å². The van der Waals surface area contributed by atoms with Crippen LogP contribution in [0.1, 0.15) is 27.2 Å². The second kappa shape index (κ2) is 7.07. The SMILES string of the molecule is CC(C)CCNC(=O)C(C)Nc1cc(F)ccc1F. The molecule has 0 aliphatic heterocycles. The third kappa shape index (κ3) is 5.24. The van der Waals surface area contributed by atoms with Crippen LogP contribution in [0, 0.1) is 17.6 Å². The van der Waals surface area contributed by atoms with Crippen molar-refractivity contribution in [2.75, 3.05) is 11.9 Å². The maximum Gasteiger partial charge on any atom is 0.242 e. The Balaban J connectivity index is 2.51. The molecule has 1 amide bonds. The summed E-state index contributed by atoms with van der Waals surface area (Å²) in [7, 11) is 0. The van der Waals surface area contributed by atoms with E-state index in [0.717, 1.165) is 24.6 Å². The van der Waals surface area contributed by atoms with E-state index in [4.69, 9.17) is 0 Å². The van der Waals surface area contributed by atoms with Gasteiger partial charge in [-0.2, -0.15) is 0 Å². The van der Waals surface area contributed by atoms with E-state index in [1.165, 1.54) is 0 Å². The molecular formula is C14H20F2N2O. The average Bonchev–Trinajstić information content (AvgIpc) is 2.33. The summed E-state index contributed by atoms with van der Waals surface area (Å²) < 4.78 is 26.4. The van der Waals surface area contributed by atoms with Crippen LogP contribution in [-0.2, 0) is 4.79 Å². The third-order valence-electron chi connectivity index (χ3n) is 2.71. The first-order chi connectivity index (χ1) is 8.90. The topological polar surface area (TPSA) is 41.1 Å². The molecule has 1 unspecified atom stereocenters. The number of hydrogen-bond acceptors (Lipinski definition) is 2. The van der Waals surface area contributed by atoms with Gasteiger partial charge in [-0.1, -0.05) is 13.8 Å². The number of rotatable bonds is 6. The van der Waals surface area contributed by atoms with Gasteiger partial charge in [0, 0.05) is 6.54 Å². The normalized spacial score (nSPS) is 12.3. The summed E-state index contributed by atoms with van der Waals surface area (Å²) in [4.78, 5) is 11.7. The molecule has 1 atom stereocenters. The maximum atomic E-state index is 13.4. The minimum atomic E-state index is -0.622. The lowest BCUT2D eigenvalue weighted by atomic mass is 10.1. The molecule has 3 nitrogen and oxygen atoms in total. The number of anilines is 1. The standard InChI is InChI=1S/C14H20F2N2O/c1-9(2)6-7-17-14(19)10(3)18-13-8-11(15)4-5-12(13)16/h4-5,8-10,18H,6-7H2,1-3H3,(H,17,19). The zero-order valence-corrected chi connectivity index (χ0v) is 11.5. The molecule has 1 aromatic carbocycles. The Morgan fingerprint density at radius 3 is 2.58 bits per heavy atom. The Hall–Kier alpha value is -1.65. The third-order valence-corrected chi connectivity index (χ3v) is 2.71. The lowest BCUT2D eigenvalue weighted by Gasteiger charge is -2.16. The Morgan fingerprint density at radius 1 is 1.26 bits per heavy atom. The second-order valence-electron chi connectivity index (χ2n) is 4.96. The van der Waals surface area contributed by atoms with E-state index in [-0.39, 0.29) is 11.6 Å². The second-order valence-corrected chi connectivity index (χ2v) is 4.96. The molecule has 0 bridgehead atoms. The number of halogens is 2. The molecule has 19 heavy (non-hydrogen) atoms. The van der Waals surface area contributed by atoms with Gasteiger partial charge in [0.25, 0.3) is 0 Å². The van der Waals surface area contributed by atoms with Crippen molar-refractivity contribution in [3.8, 4) is 0 Å². The molecular weight excluding hydrogens is 250 g/mol. The number of carbonyl (C=O) groups excluding carboxylic acids is 1. The van der Waals surface area contributed by atoms with Crippen molar-refractivity contribution in [3.05, 3.63) is 29.8 Å². The van der Waals surface area contributed by atoms with Gasteiger partial charge in [0.2, 0.25) is 5.91 Å². The molecule has 0 fully saturated rings. The highest BCUT2D eigenvalue weighted by molar-refractivity contribution is 5.84. The fourth-order valence-electron chi connectivity index (χ4n) is 1.54. The van der Waals surface area contributed by atoms with E-state index in [0.29, 0.717) is 12.5 Å². The molecule has 0 aliphatic carbocycles. The molecule has 2 N–H and O–H groups in total. The molecule has 0 spiro atoms. The smallest absolute Gasteiger partial charge is 0.242 e. The minimum Gasteiger partial charge on any atom is -0.371 e. The first-order valence-corrected chi connectivity index (χ1v) is 6.39. The quantitative estimate of drug-likeness (QED) is 0.834. The maximum absolute atomic E-state index is 13.4. The van der Waals surface area contributed by atoms with Crippen molar-refractivity contribution < 1.29 is 13.6 Å². The Kier molecular flexibility index (Phi) is 5.73. The van der Waals surface area contributed by atoms with Gasteiger partial charge >= 0.3 is 0 Å². The summed E-state index contributed by atoms with van der Waals surface area (Å²) in [5.41, 5.74) is -0.00786. The van der Waals surface area contributed by atoms with Gasteiger partial charge in [-0.3, -0.25) is 4.79 Å². The van der Waals surface area contributed by atoms with Gasteiger partial charge < -0.3 is 10.6 Å². The predicted molar refractivity (Wildman–Crippen MR) is 71.9 cm³/mol. The van der Waals surface area contributed by atoms with Gasteiger partial charge in [-0.25, -0.2) is 8.78 Å². The van der Waals surface area contributed by atoms with Crippen molar-refractivity contribution in [3.63, 3.8) is 0 Å². The van der Waals surface area contributed by atoms with E-state index in [9.17, 15) is 13.6 Å². The van der Waals surface area contributed by atoms with Crippen LogP contribution < -0.4 is 10.6 Å². The van der Waals surface area contributed by atoms with Crippen molar-refractivity contribution in [2.24, 2.45) is 5.92 Å².